The van der Waals surface area contributed by atoms with Gasteiger partial charge in [-0.25, -0.2) is 4.98 Å². The molecule has 31 heavy (non-hydrogen) atoms. The maximum absolute atomic E-state index is 13.2. The molecule has 2 aromatic carbocycles. The van der Waals surface area contributed by atoms with E-state index in [-0.39, 0.29) is 12.5 Å². The number of rotatable bonds is 11. The van der Waals surface area contributed by atoms with Crippen molar-refractivity contribution in [3.63, 3.8) is 0 Å². The van der Waals surface area contributed by atoms with E-state index in [1.165, 1.54) is 11.3 Å². The van der Waals surface area contributed by atoms with E-state index in [4.69, 9.17) is 14.5 Å². The SMILES string of the molecule is CCOc1cccc2sc(N(CCN(CC)CC)C(=O)COc3cccc(C)c3)nc12. The van der Waals surface area contributed by atoms with Crippen molar-refractivity contribution in [2.45, 2.75) is 27.7 Å². The summed E-state index contributed by atoms with van der Waals surface area (Å²) < 4.78 is 12.5. The molecular formula is C24H31N3O3S. The molecule has 0 unspecified atom stereocenters. The molecule has 6 nitrogen and oxygen atoms in total. The third-order valence-corrected chi connectivity index (χ3v) is 6.13. The number of fused-ring (bicyclic) bond motifs is 1. The number of anilines is 1. The quantitative estimate of drug-likeness (QED) is 0.430. The lowest BCUT2D eigenvalue weighted by molar-refractivity contribution is -0.120. The lowest BCUT2D eigenvalue weighted by Gasteiger charge is -2.24. The maximum atomic E-state index is 13.2. The Hall–Kier alpha value is -2.64. The van der Waals surface area contributed by atoms with E-state index in [0.717, 1.165) is 41.2 Å². The number of hydrogen-bond donors (Lipinski definition) is 0. The van der Waals surface area contributed by atoms with Gasteiger partial charge in [0.05, 0.1) is 11.3 Å². The fourth-order valence-corrected chi connectivity index (χ4v) is 4.36. The number of benzene rings is 2. The molecule has 0 fully saturated rings. The van der Waals surface area contributed by atoms with Crippen LogP contribution in [0.4, 0.5) is 5.13 Å². The number of thiazole rings is 1. The van der Waals surface area contributed by atoms with Crippen LogP contribution in [0.2, 0.25) is 0 Å². The fraction of sp³-hybridized carbons (Fsp3) is 0.417. The molecule has 1 amide bonds. The number of aryl methyl sites for hydroxylation is 1. The Morgan fingerprint density at radius 1 is 1.03 bits per heavy atom. The number of nitrogens with zero attached hydrogens (tertiary/aromatic N) is 3. The molecule has 0 saturated heterocycles. The molecule has 3 aromatic rings. The Labute approximate surface area is 188 Å². The topological polar surface area (TPSA) is 54.9 Å². The minimum absolute atomic E-state index is 0.0318. The molecule has 0 bridgehead atoms. The number of ether oxygens (including phenoxy) is 2. The molecule has 0 spiro atoms. The summed E-state index contributed by atoms with van der Waals surface area (Å²) in [7, 11) is 0. The van der Waals surface area contributed by atoms with Crippen molar-refractivity contribution >= 4 is 32.6 Å². The van der Waals surface area contributed by atoms with Crippen molar-refractivity contribution in [3.8, 4) is 11.5 Å². The van der Waals surface area contributed by atoms with Crippen LogP contribution >= 0.6 is 11.3 Å². The Morgan fingerprint density at radius 2 is 1.81 bits per heavy atom. The van der Waals surface area contributed by atoms with Gasteiger partial charge in [0.15, 0.2) is 11.7 Å². The second-order valence-electron chi connectivity index (χ2n) is 7.21. The van der Waals surface area contributed by atoms with Crippen molar-refractivity contribution < 1.29 is 14.3 Å². The summed E-state index contributed by atoms with van der Waals surface area (Å²) in [5.74, 6) is 1.33. The predicted octanol–water partition coefficient (Wildman–Crippen LogP) is 4.76. The first-order valence-electron chi connectivity index (χ1n) is 10.8. The number of amides is 1. The Morgan fingerprint density at radius 3 is 2.52 bits per heavy atom. The Bertz CT molecular complexity index is 1000. The highest BCUT2D eigenvalue weighted by Crippen LogP contribution is 2.34. The largest absolute Gasteiger partial charge is 0.492 e. The summed E-state index contributed by atoms with van der Waals surface area (Å²) in [5.41, 5.74) is 1.89. The predicted molar refractivity (Wildman–Crippen MR) is 128 cm³/mol. The van der Waals surface area contributed by atoms with Gasteiger partial charge in [-0.15, -0.1) is 0 Å². The molecule has 0 N–H and O–H groups in total. The van der Waals surface area contributed by atoms with Crippen LogP contribution in [-0.2, 0) is 4.79 Å². The van der Waals surface area contributed by atoms with E-state index in [1.807, 2.05) is 56.3 Å². The van der Waals surface area contributed by atoms with Gasteiger partial charge in [-0.1, -0.05) is 43.4 Å². The highest BCUT2D eigenvalue weighted by atomic mass is 32.1. The molecule has 1 heterocycles. The summed E-state index contributed by atoms with van der Waals surface area (Å²) in [6, 6.07) is 13.6. The van der Waals surface area contributed by atoms with Gasteiger partial charge in [0.1, 0.15) is 17.0 Å². The van der Waals surface area contributed by atoms with Crippen LogP contribution in [0.15, 0.2) is 42.5 Å². The molecule has 0 aliphatic rings. The van der Waals surface area contributed by atoms with Crippen LogP contribution in [0, 0.1) is 6.92 Å². The molecule has 0 aliphatic carbocycles. The molecule has 1 aromatic heterocycles. The molecule has 7 heteroatoms. The van der Waals surface area contributed by atoms with E-state index in [1.54, 1.807) is 4.90 Å². The minimum Gasteiger partial charge on any atom is -0.492 e. The molecule has 0 aliphatic heterocycles. The van der Waals surface area contributed by atoms with Crippen molar-refractivity contribution in [2.24, 2.45) is 0 Å². The molecular weight excluding hydrogens is 410 g/mol. The second-order valence-corrected chi connectivity index (χ2v) is 8.22. The van der Waals surface area contributed by atoms with Gasteiger partial charge in [0.25, 0.3) is 5.91 Å². The first-order valence-corrected chi connectivity index (χ1v) is 11.6. The van der Waals surface area contributed by atoms with Crippen LogP contribution in [0.3, 0.4) is 0 Å². The average Bonchev–Trinajstić information content (AvgIpc) is 3.20. The average molecular weight is 442 g/mol. The lowest BCUT2D eigenvalue weighted by Crippen LogP contribution is -2.41. The third kappa shape index (κ3) is 5.95. The van der Waals surface area contributed by atoms with Crippen molar-refractivity contribution in [3.05, 3.63) is 48.0 Å². The maximum Gasteiger partial charge on any atom is 0.266 e. The first-order chi connectivity index (χ1) is 15.0. The highest BCUT2D eigenvalue weighted by molar-refractivity contribution is 7.22. The van der Waals surface area contributed by atoms with Gasteiger partial charge in [0, 0.05) is 13.1 Å². The Balaban J connectivity index is 1.84. The van der Waals surface area contributed by atoms with Crippen LogP contribution in [0.5, 0.6) is 11.5 Å². The summed E-state index contributed by atoms with van der Waals surface area (Å²) >= 11 is 1.50. The van der Waals surface area contributed by atoms with Gasteiger partial charge in [-0.05, 0) is 56.8 Å². The number of hydrogen-bond acceptors (Lipinski definition) is 6. The summed E-state index contributed by atoms with van der Waals surface area (Å²) in [5, 5.41) is 0.673. The number of likely N-dealkylation sites (N-methyl/N-ethyl adjacent to an activating group) is 1. The van der Waals surface area contributed by atoms with Crippen molar-refractivity contribution in [2.75, 3.05) is 44.3 Å². The van der Waals surface area contributed by atoms with E-state index in [2.05, 4.69) is 18.7 Å². The van der Waals surface area contributed by atoms with Crippen LogP contribution in [0.1, 0.15) is 26.3 Å². The molecule has 166 valence electrons. The third-order valence-electron chi connectivity index (χ3n) is 5.09. The molecule has 0 saturated carbocycles. The lowest BCUT2D eigenvalue weighted by atomic mass is 10.2. The zero-order valence-corrected chi connectivity index (χ0v) is 19.6. The Kier molecular flexibility index (Phi) is 8.26. The fourth-order valence-electron chi connectivity index (χ4n) is 3.34. The van der Waals surface area contributed by atoms with E-state index in [9.17, 15) is 4.79 Å². The summed E-state index contributed by atoms with van der Waals surface area (Å²) in [6.45, 7) is 12.0. The monoisotopic (exact) mass is 441 g/mol. The van der Waals surface area contributed by atoms with E-state index >= 15 is 0 Å². The first kappa shape index (κ1) is 23.0. The van der Waals surface area contributed by atoms with E-state index in [0.29, 0.717) is 24.0 Å². The summed E-state index contributed by atoms with van der Waals surface area (Å²) in [4.78, 5) is 22.0. The number of aromatic nitrogens is 1. The van der Waals surface area contributed by atoms with Gasteiger partial charge < -0.3 is 14.4 Å². The smallest absolute Gasteiger partial charge is 0.266 e. The van der Waals surface area contributed by atoms with E-state index < -0.39 is 0 Å². The normalized spacial score (nSPS) is 11.1. The standard InChI is InChI=1S/C24H31N3O3S/c1-5-26(6-2)14-15-27(22(28)17-30-19-11-8-10-18(4)16-19)24-25-23-20(29-7-3)12-9-13-21(23)31-24/h8-13,16H,5-7,14-15,17H2,1-4H3. The zero-order valence-electron chi connectivity index (χ0n) is 18.8. The van der Waals surface area contributed by atoms with Gasteiger partial charge in [-0.3, -0.25) is 9.69 Å². The van der Waals surface area contributed by atoms with Crippen LogP contribution in [-0.4, -0.2) is 55.2 Å². The van der Waals surface area contributed by atoms with Crippen LogP contribution < -0.4 is 14.4 Å². The van der Waals surface area contributed by atoms with Crippen molar-refractivity contribution in [1.29, 1.82) is 0 Å². The number of carbonyl (C=O) groups excluding carboxylic acids is 1. The highest BCUT2D eigenvalue weighted by Gasteiger charge is 2.22. The molecule has 0 radical (unpaired) electrons. The van der Waals surface area contributed by atoms with Gasteiger partial charge in [0.2, 0.25) is 0 Å². The van der Waals surface area contributed by atoms with Crippen molar-refractivity contribution in [1.82, 2.24) is 9.88 Å². The van der Waals surface area contributed by atoms with Gasteiger partial charge in [-0.2, -0.15) is 0 Å². The van der Waals surface area contributed by atoms with Crippen LogP contribution in [0.25, 0.3) is 10.2 Å². The molecule has 0 atom stereocenters. The number of para-hydroxylation sites is 1. The second kappa shape index (κ2) is 11.1. The number of carbonyl (C=O) groups is 1. The summed E-state index contributed by atoms with van der Waals surface area (Å²) in [6.07, 6.45) is 0. The van der Waals surface area contributed by atoms with Gasteiger partial charge >= 0.3 is 0 Å². The molecule has 3 rings (SSSR count). The zero-order chi connectivity index (χ0) is 22.2. The minimum atomic E-state index is -0.106.